The van der Waals surface area contributed by atoms with Gasteiger partial charge in [0.25, 0.3) is 0 Å². The van der Waals surface area contributed by atoms with Crippen LogP contribution in [0.4, 0.5) is 5.82 Å². The fraction of sp³-hybridized carbons (Fsp3) is 0.615. The molecule has 1 atom stereocenters. The smallest absolute Gasteiger partial charge is 0.134 e. The first-order valence-corrected chi connectivity index (χ1v) is 7.11. The molecule has 4 heteroatoms. The summed E-state index contributed by atoms with van der Waals surface area (Å²) in [5, 5.41) is 10.2. The van der Waals surface area contributed by atoms with Gasteiger partial charge in [0.2, 0.25) is 0 Å². The van der Waals surface area contributed by atoms with Gasteiger partial charge in [0.1, 0.15) is 5.82 Å². The van der Waals surface area contributed by atoms with Crippen LogP contribution in [0.2, 0.25) is 0 Å². The first kappa shape index (κ1) is 12.7. The van der Waals surface area contributed by atoms with Crippen molar-refractivity contribution in [3.63, 3.8) is 0 Å². The van der Waals surface area contributed by atoms with Gasteiger partial charge in [-0.25, -0.2) is 4.98 Å². The topological polar surface area (TPSA) is 36.4 Å². The van der Waals surface area contributed by atoms with Crippen molar-refractivity contribution in [1.82, 2.24) is 4.98 Å². The molecule has 1 aliphatic heterocycles. The zero-order valence-electron chi connectivity index (χ0n) is 10.7. The van der Waals surface area contributed by atoms with E-state index in [0.717, 1.165) is 41.5 Å². The van der Waals surface area contributed by atoms with E-state index in [9.17, 15) is 5.11 Å². The molecule has 1 aromatic heterocycles. The highest BCUT2D eigenvalue weighted by Gasteiger charge is 2.21. The number of aliphatic hydroxyl groups is 1. The van der Waals surface area contributed by atoms with Crippen LogP contribution < -0.4 is 4.90 Å². The van der Waals surface area contributed by atoms with Crippen LogP contribution in [0.1, 0.15) is 23.7 Å². The van der Waals surface area contributed by atoms with Gasteiger partial charge in [-0.3, -0.25) is 0 Å². The third-order valence-electron chi connectivity index (χ3n) is 3.15. The Morgan fingerprint density at radius 3 is 2.94 bits per heavy atom. The van der Waals surface area contributed by atoms with E-state index in [1.165, 1.54) is 0 Å². The van der Waals surface area contributed by atoms with Crippen molar-refractivity contribution in [2.24, 2.45) is 0 Å². The number of aromatic nitrogens is 1. The van der Waals surface area contributed by atoms with Crippen molar-refractivity contribution < 1.29 is 5.11 Å². The van der Waals surface area contributed by atoms with E-state index in [-0.39, 0.29) is 6.61 Å². The Bertz CT molecular complexity index is 409. The van der Waals surface area contributed by atoms with Crippen LogP contribution in [0.25, 0.3) is 0 Å². The molecule has 1 unspecified atom stereocenters. The lowest BCUT2D eigenvalue weighted by Gasteiger charge is -2.33. The van der Waals surface area contributed by atoms with Crippen LogP contribution >= 0.6 is 11.8 Å². The van der Waals surface area contributed by atoms with Gasteiger partial charge < -0.3 is 10.0 Å². The second kappa shape index (κ2) is 5.27. The number of pyridine rings is 1. The minimum absolute atomic E-state index is 0.0759. The van der Waals surface area contributed by atoms with Crippen LogP contribution in [0.5, 0.6) is 0 Å². The number of aryl methyl sites for hydroxylation is 2. The maximum absolute atomic E-state index is 9.51. The summed E-state index contributed by atoms with van der Waals surface area (Å²) >= 11 is 2.01. The van der Waals surface area contributed by atoms with E-state index in [1.807, 2.05) is 31.7 Å². The highest BCUT2D eigenvalue weighted by Crippen LogP contribution is 2.27. The normalized spacial score (nSPS) is 20.7. The molecule has 0 radical (unpaired) electrons. The molecule has 2 rings (SSSR count). The summed E-state index contributed by atoms with van der Waals surface area (Å²) in [5.74, 6) is 2.12. The summed E-state index contributed by atoms with van der Waals surface area (Å²) in [4.78, 5) is 6.93. The minimum Gasteiger partial charge on any atom is -0.392 e. The Kier molecular flexibility index (Phi) is 3.94. The lowest BCUT2D eigenvalue weighted by atomic mass is 10.1. The average molecular weight is 252 g/mol. The van der Waals surface area contributed by atoms with Gasteiger partial charge in [-0.05, 0) is 25.5 Å². The van der Waals surface area contributed by atoms with Gasteiger partial charge in [-0.1, -0.05) is 6.92 Å². The Morgan fingerprint density at radius 2 is 2.29 bits per heavy atom. The highest BCUT2D eigenvalue weighted by molar-refractivity contribution is 8.00. The molecular formula is C13H20N2OS. The molecule has 3 nitrogen and oxygen atoms in total. The van der Waals surface area contributed by atoms with Gasteiger partial charge in [0.05, 0.1) is 6.61 Å². The van der Waals surface area contributed by atoms with E-state index in [2.05, 4.69) is 16.8 Å². The molecule has 1 aromatic rings. The molecule has 0 aromatic carbocycles. The number of aliphatic hydroxyl groups excluding tert-OH is 1. The SMILES string of the molecule is Cc1cc(C)c(CO)c(N2CCSC(C)C2)n1. The molecule has 0 aliphatic carbocycles. The maximum Gasteiger partial charge on any atom is 0.134 e. The molecule has 0 bridgehead atoms. The first-order chi connectivity index (χ1) is 8.11. The number of hydrogen-bond donors (Lipinski definition) is 1. The van der Waals surface area contributed by atoms with Crippen molar-refractivity contribution in [1.29, 1.82) is 0 Å². The molecule has 1 fully saturated rings. The second-order valence-electron chi connectivity index (χ2n) is 4.67. The van der Waals surface area contributed by atoms with Crippen LogP contribution in [0, 0.1) is 13.8 Å². The van der Waals surface area contributed by atoms with E-state index in [0.29, 0.717) is 5.25 Å². The van der Waals surface area contributed by atoms with Gasteiger partial charge in [-0.15, -0.1) is 0 Å². The molecule has 1 N–H and O–H groups in total. The van der Waals surface area contributed by atoms with E-state index in [4.69, 9.17) is 0 Å². The summed E-state index contributed by atoms with van der Waals surface area (Å²) in [5.41, 5.74) is 3.15. The lowest BCUT2D eigenvalue weighted by Crippen LogP contribution is -2.38. The summed E-state index contributed by atoms with van der Waals surface area (Å²) in [7, 11) is 0. The van der Waals surface area contributed by atoms with Crippen LogP contribution in [0.3, 0.4) is 0 Å². The molecule has 0 amide bonds. The lowest BCUT2D eigenvalue weighted by molar-refractivity contribution is 0.280. The van der Waals surface area contributed by atoms with Crippen LogP contribution in [0.15, 0.2) is 6.07 Å². The second-order valence-corrected chi connectivity index (χ2v) is 6.21. The summed E-state index contributed by atoms with van der Waals surface area (Å²) in [6.45, 7) is 8.43. The van der Waals surface area contributed by atoms with Crippen molar-refractivity contribution in [3.8, 4) is 0 Å². The number of anilines is 1. The Balaban J connectivity index is 2.35. The highest BCUT2D eigenvalue weighted by atomic mass is 32.2. The van der Waals surface area contributed by atoms with Crippen molar-refractivity contribution in [2.75, 3.05) is 23.7 Å². The molecule has 17 heavy (non-hydrogen) atoms. The largest absolute Gasteiger partial charge is 0.392 e. The Hall–Kier alpha value is -0.740. The predicted molar refractivity (Wildman–Crippen MR) is 73.8 cm³/mol. The molecule has 0 saturated carbocycles. The Morgan fingerprint density at radius 1 is 1.53 bits per heavy atom. The summed E-state index contributed by atoms with van der Waals surface area (Å²) in [6, 6.07) is 2.04. The molecule has 94 valence electrons. The number of thioether (sulfide) groups is 1. The third kappa shape index (κ3) is 2.75. The zero-order chi connectivity index (χ0) is 12.4. The van der Waals surface area contributed by atoms with Gasteiger partial charge in [0, 0.05) is 35.3 Å². The van der Waals surface area contributed by atoms with E-state index in [1.54, 1.807) is 0 Å². The monoisotopic (exact) mass is 252 g/mol. The molecule has 1 saturated heterocycles. The fourth-order valence-corrected chi connectivity index (χ4v) is 3.32. The summed E-state index contributed by atoms with van der Waals surface area (Å²) < 4.78 is 0. The Labute approximate surface area is 107 Å². The van der Waals surface area contributed by atoms with Crippen molar-refractivity contribution in [3.05, 3.63) is 22.9 Å². The summed E-state index contributed by atoms with van der Waals surface area (Å²) in [6.07, 6.45) is 0. The maximum atomic E-state index is 9.51. The zero-order valence-corrected chi connectivity index (χ0v) is 11.5. The first-order valence-electron chi connectivity index (χ1n) is 6.06. The standard InChI is InChI=1S/C13H20N2OS/c1-9-6-10(2)14-13(12(9)8-16)15-4-5-17-11(3)7-15/h6,11,16H,4-5,7-8H2,1-3H3. The molecule has 0 spiro atoms. The van der Waals surface area contributed by atoms with E-state index < -0.39 is 0 Å². The van der Waals surface area contributed by atoms with Gasteiger partial charge >= 0.3 is 0 Å². The predicted octanol–water partition coefficient (Wildman–Crippen LogP) is 2.13. The van der Waals surface area contributed by atoms with Gasteiger partial charge in [-0.2, -0.15) is 11.8 Å². The minimum atomic E-state index is 0.0759. The van der Waals surface area contributed by atoms with Crippen molar-refractivity contribution >= 4 is 17.6 Å². The molecular weight excluding hydrogens is 232 g/mol. The number of rotatable bonds is 2. The third-order valence-corrected chi connectivity index (χ3v) is 4.29. The molecule has 1 aliphatic rings. The van der Waals surface area contributed by atoms with Gasteiger partial charge in [0.15, 0.2) is 0 Å². The quantitative estimate of drug-likeness (QED) is 0.875. The van der Waals surface area contributed by atoms with E-state index >= 15 is 0 Å². The molecule has 2 heterocycles. The average Bonchev–Trinajstić information content (AvgIpc) is 2.28. The van der Waals surface area contributed by atoms with Crippen molar-refractivity contribution in [2.45, 2.75) is 32.6 Å². The van der Waals surface area contributed by atoms with Crippen LogP contribution in [-0.4, -0.2) is 34.2 Å². The number of hydrogen-bond acceptors (Lipinski definition) is 4. The number of nitrogens with zero attached hydrogens (tertiary/aromatic N) is 2. The fourth-order valence-electron chi connectivity index (χ4n) is 2.31. The van der Waals surface area contributed by atoms with Crippen LogP contribution in [-0.2, 0) is 6.61 Å².